The van der Waals surface area contributed by atoms with Crippen molar-refractivity contribution >= 4 is 17.8 Å². The number of amides is 2. The number of anilines is 1. The second-order valence-corrected chi connectivity index (χ2v) is 7.51. The van der Waals surface area contributed by atoms with E-state index >= 15 is 0 Å². The molecule has 9 nitrogen and oxygen atoms in total. The quantitative estimate of drug-likeness (QED) is 0.741. The zero-order valence-corrected chi connectivity index (χ0v) is 17.7. The Kier molecular flexibility index (Phi) is 6.45. The van der Waals surface area contributed by atoms with Crippen LogP contribution in [0.4, 0.5) is 10.6 Å². The highest BCUT2D eigenvalue weighted by Crippen LogP contribution is 2.28. The van der Waals surface area contributed by atoms with Crippen molar-refractivity contribution < 1.29 is 23.8 Å². The molecule has 0 spiro atoms. The summed E-state index contributed by atoms with van der Waals surface area (Å²) in [5.74, 6) is 0.657. The van der Waals surface area contributed by atoms with Crippen molar-refractivity contribution in [2.45, 2.75) is 6.29 Å². The lowest BCUT2D eigenvalue weighted by atomic mass is 10.1. The molecule has 0 radical (unpaired) electrons. The van der Waals surface area contributed by atoms with Gasteiger partial charge < -0.3 is 24.0 Å². The van der Waals surface area contributed by atoms with Crippen LogP contribution in [-0.4, -0.2) is 80.3 Å². The molecule has 0 bridgehead atoms. The maximum atomic E-state index is 13.2. The van der Waals surface area contributed by atoms with Crippen LogP contribution in [0, 0.1) is 0 Å². The summed E-state index contributed by atoms with van der Waals surface area (Å²) in [5, 5.41) is 0. The highest BCUT2D eigenvalue weighted by Gasteiger charge is 2.30. The van der Waals surface area contributed by atoms with Crippen molar-refractivity contribution in [3.63, 3.8) is 0 Å². The highest BCUT2D eigenvalue weighted by molar-refractivity contribution is 5.96. The Bertz CT molecular complexity index is 925. The van der Waals surface area contributed by atoms with Crippen LogP contribution >= 0.6 is 0 Å². The molecule has 2 saturated heterocycles. The lowest BCUT2D eigenvalue weighted by molar-refractivity contribution is -0.0478. The van der Waals surface area contributed by atoms with Gasteiger partial charge in [-0.05, 0) is 31.3 Å². The van der Waals surface area contributed by atoms with E-state index < -0.39 is 12.4 Å². The number of carbonyl (C=O) groups excluding carboxylic acids is 2. The standard InChI is InChI=1S/C22H26N4O5/c1-24-10-12-26(13-11-24)20(27)17-8-9-18(23-19(17)21-29-14-15-30-21)25(2)22(28)31-16-6-4-3-5-7-16/h3-9,21H,10-15H2,1-2H3. The lowest BCUT2D eigenvalue weighted by Crippen LogP contribution is -2.47. The second kappa shape index (κ2) is 9.42. The second-order valence-electron chi connectivity index (χ2n) is 7.51. The molecular formula is C22H26N4O5. The molecule has 0 N–H and O–H groups in total. The average Bonchev–Trinajstić information content (AvgIpc) is 3.34. The van der Waals surface area contributed by atoms with E-state index in [0.29, 0.717) is 49.1 Å². The number of carbonyl (C=O) groups is 2. The smallest absolute Gasteiger partial charge is 0.410 e. The maximum Gasteiger partial charge on any atom is 0.420 e. The molecule has 0 atom stereocenters. The van der Waals surface area contributed by atoms with Gasteiger partial charge in [0.05, 0.1) is 18.8 Å². The van der Waals surface area contributed by atoms with Crippen LogP contribution in [0.2, 0.25) is 0 Å². The molecule has 4 rings (SSSR count). The molecule has 3 heterocycles. The number of aromatic nitrogens is 1. The van der Waals surface area contributed by atoms with E-state index in [9.17, 15) is 9.59 Å². The first-order valence-corrected chi connectivity index (χ1v) is 10.3. The Labute approximate surface area is 181 Å². The van der Waals surface area contributed by atoms with Gasteiger partial charge in [0, 0.05) is 33.2 Å². The molecule has 0 aliphatic carbocycles. The minimum atomic E-state index is -0.745. The Balaban J connectivity index is 1.57. The van der Waals surface area contributed by atoms with Gasteiger partial charge in [-0.1, -0.05) is 18.2 Å². The van der Waals surface area contributed by atoms with Gasteiger partial charge in [0.15, 0.2) is 0 Å². The monoisotopic (exact) mass is 426 g/mol. The third kappa shape index (κ3) is 4.84. The zero-order chi connectivity index (χ0) is 21.8. The molecule has 0 unspecified atom stereocenters. The van der Waals surface area contributed by atoms with Gasteiger partial charge in [-0.2, -0.15) is 0 Å². The zero-order valence-electron chi connectivity index (χ0n) is 17.7. The molecular weight excluding hydrogens is 400 g/mol. The molecule has 1 aromatic heterocycles. The number of pyridine rings is 1. The van der Waals surface area contributed by atoms with Crippen LogP contribution in [0.5, 0.6) is 5.75 Å². The van der Waals surface area contributed by atoms with Gasteiger partial charge in [0.1, 0.15) is 17.3 Å². The van der Waals surface area contributed by atoms with Gasteiger partial charge >= 0.3 is 6.09 Å². The lowest BCUT2D eigenvalue weighted by Gasteiger charge is -2.33. The number of likely N-dealkylation sites (N-methyl/N-ethyl adjacent to an activating group) is 1. The Hall–Kier alpha value is -3.01. The first kappa shape index (κ1) is 21.2. The van der Waals surface area contributed by atoms with Crippen LogP contribution in [-0.2, 0) is 9.47 Å². The molecule has 1 aromatic carbocycles. The van der Waals surface area contributed by atoms with Crippen molar-refractivity contribution in [2.24, 2.45) is 0 Å². The molecule has 31 heavy (non-hydrogen) atoms. The summed E-state index contributed by atoms with van der Waals surface area (Å²) in [4.78, 5) is 35.6. The van der Waals surface area contributed by atoms with Gasteiger partial charge in [-0.3, -0.25) is 9.69 Å². The average molecular weight is 426 g/mol. The van der Waals surface area contributed by atoms with Crippen LogP contribution in [0.3, 0.4) is 0 Å². The Morgan fingerprint density at radius 2 is 1.71 bits per heavy atom. The van der Waals surface area contributed by atoms with Crippen molar-refractivity contribution in [1.29, 1.82) is 0 Å². The summed E-state index contributed by atoms with van der Waals surface area (Å²) in [6.45, 7) is 3.77. The Morgan fingerprint density at radius 1 is 1.03 bits per heavy atom. The fraction of sp³-hybridized carbons (Fsp3) is 0.409. The number of hydrogen-bond acceptors (Lipinski definition) is 7. The molecule has 0 saturated carbocycles. The third-order valence-corrected chi connectivity index (χ3v) is 5.34. The predicted molar refractivity (Wildman–Crippen MR) is 113 cm³/mol. The minimum Gasteiger partial charge on any atom is -0.410 e. The van der Waals surface area contributed by atoms with Gasteiger partial charge in [0.25, 0.3) is 5.91 Å². The van der Waals surface area contributed by atoms with Crippen molar-refractivity contribution in [3.05, 3.63) is 53.7 Å². The summed E-state index contributed by atoms with van der Waals surface area (Å²) in [6.07, 6.45) is -1.33. The summed E-state index contributed by atoms with van der Waals surface area (Å²) in [6, 6.07) is 12.1. The molecule has 2 fully saturated rings. The van der Waals surface area contributed by atoms with Crippen LogP contribution in [0.25, 0.3) is 0 Å². The summed E-state index contributed by atoms with van der Waals surface area (Å²) < 4.78 is 16.6. The number of rotatable bonds is 4. The van der Waals surface area contributed by atoms with Crippen molar-refractivity contribution in [1.82, 2.24) is 14.8 Å². The number of nitrogens with zero attached hydrogens (tertiary/aromatic N) is 4. The summed E-state index contributed by atoms with van der Waals surface area (Å²) in [7, 11) is 3.60. The number of benzene rings is 1. The van der Waals surface area contributed by atoms with Crippen molar-refractivity contribution in [2.75, 3.05) is 58.4 Å². The maximum absolute atomic E-state index is 13.2. The molecule has 2 aromatic rings. The van der Waals surface area contributed by atoms with E-state index in [1.807, 2.05) is 18.0 Å². The van der Waals surface area contributed by atoms with E-state index in [-0.39, 0.29) is 5.91 Å². The number of para-hydroxylation sites is 1. The fourth-order valence-electron chi connectivity index (χ4n) is 3.46. The summed E-state index contributed by atoms with van der Waals surface area (Å²) in [5.41, 5.74) is 0.795. The van der Waals surface area contributed by atoms with Crippen molar-refractivity contribution in [3.8, 4) is 5.75 Å². The number of ether oxygens (including phenoxy) is 3. The molecule has 9 heteroatoms. The Morgan fingerprint density at radius 3 is 2.39 bits per heavy atom. The largest absolute Gasteiger partial charge is 0.420 e. The van der Waals surface area contributed by atoms with Gasteiger partial charge in [0.2, 0.25) is 6.29 Å². The molecule has 164 valence electrons. The fourth-order valence-corrected chi connectivity index (χ4v) is 3.46. The molecule has 2 aliphatic rings. The van der Waals surface area contributed by atoms with E-state index in [0.717, 1.165) is 13.1 Å². The predicted octanol–water partition coefficient (Wildman–Crippen LogP) is 2.15. The van der Waals surface area contributed by atoms with E-state index in [1.54, 1.807) is 43.4 Å². The first-order valence-electron chi connectivity index (χ1n) is 10.3. The minimum absolute atomic E-state index is 0.115. The van der Waals surface area contributed by atoms with Gasteiger partial charge in [-0.15, -0.1) is 0 Å². The SMILES string of the molecule is CN1CCN(C(=O)c2ccc(N(C)C(=O)Oc3ccccc3)nc2C2OCCO2)CC1. The highest BCUT2D eigenvalue weighted by atomic mass is 16.7. The molecule has 2 amide bonds. The number of piperazine rings is 1. The number of hydrogen-bond donors (Lipinski definition) is 0. The van der Waals surface area contributed by atoms with E-state index in [1.165, 1.54) is 4.90 Å². The molecule has 2 aliphatic heterocycles. The van der Waals surface area contributed by atoms with E-state index in [2.05, 4.69) is 9.88 Å². The van der Waals surface area contributed by atoms with Crippen LogP contribution < -0.4 is 9.64 Å². The normalized spacial score (nSPS) is 17.5. The third-order valence-electron chi connectivity index (χ3n) is 5.34. The van der Waals surface area contributed by atoms with Crippen LogP contribution in [0.1, 0.15) is 22.3 Å². The van der Waals surface area contributed by atoms with Crippen LogP contribution in [0.15, 0.2) is 42.5 Å². The van der Waals surface area contributed by atoms with Gasteiger partial charge in [-0.25, -0.2) is 9.78 Å². The summed E-state index contributed by atoms with van der Waals surface area (Å²) >= 11 is 0. The topological polar surface area (TPSA) is 84.4 Å². The van der Waals surface area contributed by atoms with E-state index in [4.69, 9.17) is 14.2 Å². The first-order chi connectivity index (χ1) is 15.0.